The molecule has 0 aliphatic carbocycles. The average Bonchev–Trinajstić information content (AvgIpc) is 3.47. The molecule has 3 aromatic heterocycles. The van der Waals surface area contributed by atoms with Gasteiger partial charge in [-0.1, -0.05) is 47.7 Å². The fraction of sp³-hybridized carbons (Fsp3) is 0.0417. The van der Waals surface area contributed by atoms with E-state index in [2.05, 4.69) is 15.1 Å². The molecule has 160 valence electrons. The van der Waals surface area contributed by atoms with E-state index in [4.69, 9.17) is 0 Å². The number of fused-ring (bicyclic) bond motifs is 2. The first-order valence-electron chi connectivity index (χ1n) is 10.1. The molecule has 0 N–H and O–H groups in total. The van der Waals surface area contributed by atoms with Crippen molar-refractivity contribution in [1.29, 1.82) is 0 Å². The zero-order chi connectivity index (χ0) is 22.5. The Morgan fingerprint density at radius 3 is 2.58 bits per heavy atom. The molecule has 1 amide bonds. The van der Waals surface area contributed by atoms with Gasteiger partial charge in [-0.05, 0) is 24.3 Å². The monoisotopic (exact) mass is 455 g/mol. The zero-order valence-electron chi connectivity index (χ0n) is 17.0. The van der Waals surface area contributed by atoms with E-state index in [1.807, 2.05) is 12.1 Å². The third-order valence-electron chi connectivity index (χ3n) is 5.51. The Hall–Kier alpha value is -4.24. The van der Waals surface area contributed by atoms with Crippen molar-refractivity contribution in [2.24, 2.45) is 0 Å². The number of anilines is 1. The van der Waals surface area contributed by atoms with Crippen molar-refractivity contribution in [3.8, 4) is 11.4 Å². The van der Waals surface area contributed by atoms with Crippen LogP contribution in [0.4, 0.5) is 10.1 Å². The Labute approximate surface area is 190 Å². The highest BCUT2D eigenvalue weighted by Gasteiger charge is 2.34. The van der Waals surface area contributed by atoms with Crippen LogP contribution >= 0.6 is 11.3 Å². The SMILES string of the molecule is O=C1C(=c2sc3nc(-c4cccnc4)nn3c2=O)c2ccccc2N1Cc1ccccc1F. The predicted molar refractivity (Wildman–Crippen MR) is 122 cm³/mol. The fourth-order valence-corrected chi connectivity index (χ4v) is 4.95. The molecular weight excluding hydrogens is 441 g/mol. The van der Waals surface area contributed by atoms with E-state index in [1.165, 1.54) is 15.5 Å². The molecule has 0 bridgehead atoms. The van der Waals surface area contributed by atoms with E-state index in [0.717, 1.165) is 11.3 Å². The summed E-state index contributed by atoms with van der Waals surface area (Å²) in [7, 11) is 0. The van der Waals surface area contributed by atoms with Crippen LogP contribution in [-0.4, -0.2) is 25.5 Å². The number of aromatic nitrogens is 4. The Kier molecular flexibility index (Phi) is 4.37. The number of carbonyl (C=O) groups excluding carboxylic acids is 1. The summed E-state index contributed by atoms with van der Waals surface area (Å²) in [6, 6.07) is 17.1. The second-order valence-electron chi connectivity index (χ2n) is 7.48. The van der Waals surface area contributed by atoms with Crippen molar-refractivity contribution >= 4 is 33.5 Å². The maximum Gasteiger partial charge on any atom is 0.291 e. The van der Waals surface area contributed by atoms with Gasteiger partial charge in [0.2, 0.25) is 4.96 Å². The number of pyridine rings is 1. The Morgan fingerprint density at radius 1 is 0.970 bits per heavy atom. The number of carbonyl (C=O) groups is 1. The molecular formula is C24H14FN5O2S. The molecule has 2 aromatic carbocycles. The molecule has 1 aliphatic heterocycles. The van der Waals surface area contributed by atoms with Gasteiger partial charge in [0, 0.05) is 29.1 Å². The van der Waals surface area contributed by atoms with Crippen LogP contribution in [0.25, 0.3) is 21.9 Å². The van der Waals surface area contributed by atoms with Crippen LogP contribution in [0, 0.1) is 5.82 Å². The summed E-state index contributed by atoms with van der Waals surface area (Å²) in [5.41, 5.74) is 2.23. The van der Waals surface area contributed by atoms with Gasteiger partial charge in [-0.15, -0.1) is 5.10 Å². The van der Waals surface area contributed by atoms with Crippen LogP contribution in [0.3, 0.4) is 0 Å². The number of hydrogen-bond donors (Lipinski definition) is 0. The highest BCUT2D eigenvalue weighted by molar-refractivity contribution is 7.15. The normalized spacial score (nSPS) is 14.8. The van der Waals surface area contributed by atoms with Crippen molar-refractivity contribution < 1.29 is 9.18 Å². The largest absolute Gasteiger partial charge is 0.303 e. The second kappa shape index (κ2) is 7.42. The van der Waals surface area contributed by atoms with Gasteiger partial charge in [-0.2, -0.15) is 9.50 Å². The van der Waals surface area contributed by atoms with Crippen LogP contribution < -0.4 is 15.0 Å². The molecule has 7 nitrogen and oxygen atoms in total. The van der Waals surface area contributed by atoms with Gasteiger partial charge >= 0.3 is 0 Å². The van der Waals surface area contributed by atoms with Crippen molar-refractivity contribution in [3.63, 3.8) is 0 Å². The molecule has 4 heterocycles. The minimum Gasteiger partial charge on any atom is -0.303 e. The number of amides is 1. The van der Waals surface area contributed by atoms with Gasteiger partial charge in [0.15, 0.2) is 5.82 Å². The molecule has 0 fully saturated rings. The molecule has 5 aromatic rings. The summed E-state index contributed by atoms with van der Waals surface area (Å²) in [4.78, 5) is 37.1. The first-order valence-corrected chi connectivity index (χ1v) is 10.9. The van der Waals surface area contributed by atoms with Gasteiger partial charge in [0.1, 0.15) is 10.3 Å². The van der Waals surface area contributed by atoms with E-state index in [-0.39, 0.29) is 28.4 Å². The quantitative estimate of drug-likeness (QED) is 0.418. The van der Waals surface area contributed by atoms with Crippen molar-refractivity contribution in [1.82, 2.24) is 19.6 Å². The molecule has 0 saturated heterocycles. The molecule has 0 unspecified atom stereocenters. The molecule has 1 aliphatic rings. The topological polar surface area (TPSA) is 80.5 Å². The van der Waals surface area contributed by atoms with Crippen molar-refractivity contribution in [3.05, 3.63) is 105 Å². The van der Waals surface area contributed by atoms with Crippen LogP contribution in [0.2, 0.25) is 0 Å². The summed E-state index contributed by atoms with van der Waals surface area (Å²) < 4.78 is 15.8. The van der Waals surface area contributed by atoms with E-state index < -0.39 is 5.56 Å². The summed E-state index contributed by atoms with van der Waals surface area (Å²) in [6.07, 6.45) is 3.27. The Balaban J connectivity index is 1.51. The van der Waals surface area contributed by atoms with Gasteiger partial charge < -0.3 is 4.90 Å². The molecule has 0 radical (unpaired) electrons. The fourth-order valence-electron chi connectivity index (χ4n) is 3.96. The van der Waals surface area contributed by atoms with Crippen molar-refractivity contribution in [2.75, 3.05) is 4.90 Å². The van der Waals surface area contributed by atoms with Crippen LogP contribution in [0.5, 0.6) is 0 Å². The zero-order valence-corrected chi connectivity index (χ0v) is 17.8. The minimum atomic E-state index is -0.413. The van der Waals surface area contributed by atoms with Gasteiger partial charge in [-0.25, -0.2) is 4.39 Å². The third kappa shape index (κ3) is 3.05. The van der Waals surface area contributed by atoms with E-state index in [9.17, 15) is 14.0 Å². The molecule has 9 heteroatoms. The van der Waals surface area contributed by atoms with Gasteiger partial charge in [0.25, 0.3) is 11.5 Å². The summed E-state index contributed by atoms with van der Waals surface area (Å²) >= 11 is 1.11. The predicted octanol–water partition coefficient (Wildman–Crippen LogP) is 2.82. The smallest absolute Gasteiger partial charge is 0.291 e. The number of benzene rings is 2. The van der Waals surface area contributed by atoms with E-state index in [0.29, 0.717) is 33.2 Å². The number of hydrogen-bond acceptors (Lipinski definition) is 6. The number of para-hydroxylation sites is 1. The molecule has 0 atom stereocenters. The lowest BCUT2D eigenvalue weighted by Crippen LogP contribution is -2.32. The lowest BCUT2D eigenvalue weighted by molar-refractivity contribution is -0.113. The summed E-state index contributed by atoms with van der Waals surface area (Å²) in [5.74, 6) is -0.349. The minimum absolute atomic E-state index is 0.0616. The number of thiazole rings is 1. The summed E-state index contributed by atoms with van der Waals surface area (Å²) in [5, 5.41) is 4.33. The second-order valence-corrected chi connectivity index (χ2v) is 8.46. The van der Waals surface area contributed by atoms with Gasteiger partial charge in [0.05, 0.1) is 17.8 Å². The highest BCUT2D eigenvalue weighted by Crippen LogP contribution is 2.36. The first kappa shape index (κ1) is 19.4. The standard InChI is InChI=1S/C24H14FN5O2S/c25-17-9-3-1-6-15(17)13-29-18-10-4-2-8-16(18)19(22(29)31)20-23(32)30-24(33-20)27-21(28-30)14-7-5-11-26-12-14/h1-12H,13H2. The molecule has 0 saturated carbocycles. The molecule has 33 heavy (non-hydrogen) atoms. The number of rotatable bonds is 3. The Bertz CT molecular complexity index is 1660. The number of nitrogens with zero attached hydrogens (tertiary/aromatic N) is 5. The lowest BCUT2D eigenvalue weighted by atomic mass is 10.1. The lowest BCUT2D eigenvalue weighted by Gasteiger charge is -2.17. The van der Waals surface area contributed by atoms with Crippen molar-refractivity contribution in [2.45, 2.75) is 6.54 Å². The maximum absolute atomic E-state index is 14.3. The van der Waals surface area contributed by atoms with Gasteiger partial charge in [-0.3, -0.25) is 14.6 Å². The average molecular weight is 455 g/mol. The maximum atomic E-state index is 14.3. The number of halogens is 1. The Morgan fingerprint density at radius 2 is 1.79 bits per heavy atom. The first-order chi connectivity index (χ1) is 16.1. The van der Waals surface area contributed by atoms with Crippen LogP contribution in [-0.2, 0) is 11.3 Å². The highest BCUT2D eigenvalue weighted by atomic mass is 32.1. The molecule has 0 spiro atoms. The third-order valence-corrected chi connectivity index (χ3v) is 6.54. The molecule has 6 rings (SSSR count). The van der Waals surface area contributed by atoms with E-state index >= 15 is 0 Å². The van der Waals surface area contributed by atoms with Crippen LogP contribution in [0.15, 0.2) is 77.9 Å². The summed E-state index contributed by atoms with van der Waals surface area (Å²) in [6.45, 7) is 0.0616. The van der Waals surface area contributed by atoms with Crippen LogP contribution in [0.1, 0.15) is 11.1 Å². The van der Waals surface area contributed by atoms with E-state index in [1.54, 1.807) is 54.9 Å².